The number of rotatable bonds is 5. The molecule has 0 aliphatic heterocycles. The molecule has 0 amide bonds. The third kappa shape index (κ3) is 2.77. The number of pyridine rings is 1. The molecule has 0 fully saturated rings. The third-order valence-electron chi connectivity index (χ3n) is 3.03. The Hall–Kier alpha value is -0.920. The minimum absolute atomic E-state index is 0.0312. The topological polar surface area (TPSA) is 12.9 Å². The Morgan fingerprint density at radius 3 is 2.33 bits per heavy atom. The molecule has 1 heterocycles. The number of nitrogens with zero attached hydrogens (tertiary/aromatic N) is 1. The molecule has 0 bridgehead atoms. The molecule has 0 aromatic carbocycles. The van der Waals surface area contributed by atoms with Crippen molar-refractivity contribution in [3.05, 3.63) is 29.8 Å². The lowest BCUT2D eigenvalue weighted by atomic mass is 9.75. The van der Waals surface area contributed by atoms with Crippen molar-refractivity contribution in [2.24, 2.45) is 0 Å². The van der Waals surface area contributed by atoms with E-state index in [1.165, 1.54) is 6.20 Å². The summed E-state index contributed by atoms with van der Waals surface area (Å²) in [7, 11) is 0. The van der Waals surface area contributed by atoms with Crippen molar-refractivity contribution >= 4 is 0 Å². The fraction of sp³-hybridized carbons (Fsp3) is 0.615. The van der Waals surface area contributed by atoms with Crippen LogP contribution in [0.1, 0.15) is 52.0 Å². The summed E-state index contributed by atoms with van der Waals surface area (Å²) < 4.78 is 13.7. The second-order valence-electron chi connectivity index (χ2n) is 4.42. The van der Waals surface area contributed by atoms with Gasteiger partial charge in [-0.3, -0.25) is 4.98 Å². The average Bonchev–Trinajstić information content (AvgIpc) is 2.19. The van der Waals surface area contributed by atoms with Crippen LogP contribution in [0, 0.1) is 5.82 Å². The molecule has 0 radical (unpaired) electrons. The van der Waals surface area contributed by atoms with Crippen LogP contribution < -0.4 is 0 Å². The molecular weight excluding hydrogens is 189 g/mol. The molecule has 1 rings (SSSR count). The normalized spacial score (nSPS) is 11.7. The zero-order valence-corrected chi connectivity index (χ0v) is 9.89. The maximum Gasteiger partial charge on any atom is 0.145 e. The van der Waals surface area contributed by atoms with Gasteiger partial charge in [-0.15, -0.1) is 0 Å². The predicted octanol–water partition coefficient (Wildman–Crippen LogP) is 4.08. The van der Waals surface area contributed by atoms with E-state index in [0.717, 1.165) is 31.2 Å². The van der Waals surface area contributed by atoms with Crippen LogP contribution in [-0.2, 0) is 5.41 Å². The van der Waals surface area contributed by atoms with Crippen molar-refractivity contribution in [1.29, 1.82) is 0 Å². The summed E-state index contributed by atoms with van der Waals surface area (Å²) in [6.45, 7) is 6.44. The molecule has 2 heteroatoms. The number of halogens is 1. The van der Waals surface area contributed by atoms with Gasteiger partial charge in [0.05, 0.1) is 6.20 Å². The first kappa shape index (κ1) is 12.2. The second kappa shape index (κ2) is 5.24. The van der Waals surface area contributed by atoms with Crippen molar-refractivity contribution < 1.29 is 4.39 Å². The Kier molecular flexibility index (Phi) is 4.25. The van der Waals surface area contributed by atoms with Crippen molar-refractivity contribution in [3.8, 4) is 0 Å². The Morgan fingerprint density at radius 2 is 1.87 bits per heavy atom. The highest BCUT2D eigenvalue weighted by Crippen LogP contribution is 2.34. The minimum atomic E-state index is -0.165. The molecular formula is C13H20FN. The van der Waals surface area contributed by atoms with E-state index in [-0.39, 0.29) is 11.2 Å². The van der Waals surface area contributed by atoms with Gasteiger partial charge in [0.2, 0.25) is 0 Å². The van der Waals surface area contributed by atoms with E-state index in [0.29, 0.717) is 0 Å². The summed E-state index contributed by atoms with van der Waals surface area (Å²) in [5.41, 5.74) is 0.789. The van der Waals surface area contributed by atoms with Crippen LogP contribution in [0.25, 0.3) is 0 Å². The fourth-order valence-corrected chi connectivity index (χ4v) is 2.36. The van der Waals surface area contributed by atoms with Gasteiger partial charge >= 0.3 is 0 Å². The fourth-order valence-electron chi connectivity index (χ4n) is 2.36. The molecule has 1 aromatic heterocycles. The van der Waals surface area contributed by atoms with Crippen molar-refractivity contribution in [1.82, 2.24) is 4.98 Å². The van der Waals surface area contributed by atoms with Gasteiger partial charge in [0, 0.05) is 6.20 Å². The zero-order chi connectivity index (χ0) is 11.3. The van der Waals surface area contributed by atoms with Gasteiger partial charge < -0.3 is 0 Å². The van der Waals surface area contributed by atoms with Gasteiger partial charge in [-0.2, -0.15) is 0 Å². The van der Waals surface area contributed by atoms with Crippen LogP contribution in [0.4, 0.5) is 4.39 Å². The quantitative estimate of drug-likeness (QED) is 0.712. The van der Waals surface area contributed by atoms with Crippen LogP contribution in [0.2, 0.25) is 0 Å². The van der Waals surface area contributed by atoms with Gasteiger partial charge in [0.25, 0.3) is 0 Å². The molecule has 0 saturated carbocycles. The lowest BCUT2D eigenvalue weighted by molar-refractivity contribution is 0.374. The minimum Gasteiger partial charge on any atom is -0.262 e. The first-order chi connectivity index (χ1) is 7.14. The van der Waals surface area contributed by atoms with Crippen molar-refractivity contribution in [2.45, 2.75) is 51.9 Å². The Balaban J connectivity index is 3.03. The van der Waals surface area contributed by atoms with Gasteiger partial charge in [-0.25, -0.2) is 4.39 Å². The molecule has 0 unspecified atom stereocenters. The highest BCUT2D eigenvalue weighted by molar-refractivity contribution is 5.23. The summed E-state index contributed by atoms with van der Waals surface area (Å²) in [5, 5.41) is 0. The smallest absolute Gasteiger partial charge is 0.145 e. The standard InChI is InChI=1S/C13H20FN/c1-4-7-13(3,8-5-2)11-6-9-15-10-12(11)14/h6,9-10H,4-5,7-8H2,1-3H3. The second-order valence-corrected chi connectivity index (χ2v) is 4.42. The SMILES string of the molecule is CCCC(C)(CCC)c1ccncc1F. The van der Waals surface area contributed by atoms with Crippen LogP contribution >= 0.6 is 0 Å². The van der Waals surface area contributed by atoms with E-state index in [9.17, 15) is 4.39 Å². The Morgan fingerprint density at radius 1 is 1.27 bits per heavy atom. The number of aromatic nitrogens is 1. The highest BCUT2D eigenvalue weighted by Gasteiger charge is 2.27. The number of hydrogen-bond acceptors (Lipinski definition) is 1. The summed E-state index contributed by atoms with van der Waals surface area (Å²) in [6.07, 6.45) is 7.22. The molecule has 0 atom stereocenters. The number of hydrogen-bond donors (Lipinski definition) is 0. The van der Waals surface area contributed by atoms with Crippen molar-refractivity contribution in [2.75, 3.05) is 0 Å². The average molecular weight is 209 g/mol. The predicted molar refractivity (Wildman–Crippen MR) is 61.4 cm³/mol. The van der Waals surface area contributed by atoms with Crippen LogP contribution in [0.3, 0.4) is 0 Å². The first-order valence-corrected chi connectivity index (χ1v) is 5.74. The molecule has 0 spiro atoms. The van der Waals surface area contributed by atoms with Crippen LogP contribution in [-0.4, -0.2) is 4.98 Å². The monoisotopic (exact) mass is 209 g/mol. The Bertz CT molecular complexity index is 303. The molecule has 0 aliphatic rings. The summed E-state index contributed by atoms with van der Waals surface area (Å²) >= 11 is 0. The van der Waals surface area contributed by atoms with E-state index in [4.69, 9.17) is 0 Å². The first-order valence-electron chi connectivity index (χ1n) is 5.74. The van der Waals surface area contributed by atoms with Gasteiger partial charge in [-0.05, 0) is 29.9 Å². The molecule has 84 valence electrons. The molecule has 0 saturated heterocycles. The van der Waals surface area contributed by atoms with E-state index >= 15 is 0 Å². The third-order valence-corrected chi connectivity index (χ3v) is 3.03. The van der Waals surface area contributed by atoms with E-state index < -0.39 is 0 Å². The molecule has 0 aliphatic carbocycles. The van der Waals surface area contributed by atoms with E-state index in [2.05, 4.69) is 25.8 Å². The van der Waals surface area contributed by atoms with Crippen LogP contribution in [0.15, 0.2) is 18.5 Å². The van der Waals surface area contributed by atoms with Gasteiger partial charge in [0.15, 0.2) is 0 Å². The molecule has 15 heavy (non-hydrogen) atoms. The maximum absolute atomic E-state index is 13.7. The lowest BCUT2D eigenvalue weighted by Gasteiger charge is -2.29. The molecule has 1 aromatic rings. The largest absolute Gasteiger partial charge is 0.262 e. The van der Waals surface area contributed by atoms with Crippen LogP contribution in [0.5, 0.6) is 0 Å². The lowest BCUT2D eigenvalue weighted by Crippen LogP contribution is -2.23. The molecule has 0 N–H and O–H groups in total. The summed E-state index contributed by atoms with van der Waals surface area (Å²) in [4.78, 5) is 3.80. The maximum atomic E-state index is 13.7. The highest BCUT2D eigenvalue weighted by atomic mass is 19.1. The van der Waals surface area contributed by atoms with Crippen molar-refractivity contribution in [3.63, 3.8) is 0 Å². The van der Waals surface area contributed by atoms with E-state index in [1.54, 1.807) is 6.20 Å². The Labute approximate surface area is 91.7 Å². The summed E-state index contributed by atoms with van der Waals surface area (Å²) in [5.74, 6) is -0.165. The zero-order valence-electron chi connectivity index (χ0n) is 9.89. The van der Waals surface area contributed by atoms with Gasteiger partial charge in [-0.1, -0.05) is 33.6 Å². The summed E-state index contributed by atoms with van der Waals surface area (Å²) in [6, 6.07) is 1.82. The molecule has 1 nitrogen and oxygen atoms in total. The van der Waals surface area contributed by atoms with E-state index in [1.807, 2.05) is 6.07 Å². The van der Waals surface area contributed by atoms with Gasteiger partial charge in [0.1, 0.15) is 5.82 Å².